The average molecular weight is 162 g/mol. The number of benzene rings is 1. The first-order valence-electron chi connectivity index (χ1n) is 3.56. The lowest BCUT2D eigenvalue weighted by Crippen LogP contribution is -1.91. The van der Waals surface area contributed by atoms with Gasteiger partial charge >= 0.3 is 0 Å². The Morgan fingerprint density at radius 2 is 2.33 bits per heavy atom. The number of anilines is 1. The van der Waals surface area contributed by atoms with Gasteiger partial charge in [0.05, 0.1) is 11.4 Å². The maximum Gasteiger partial charge on any atom is 0.152 e. The monoisotopic (exact) mass is 162 g/mol. The van der Waals surface area contributed by atoms with Gasteiger partial charge in [-0.2, -0.15) is 0 Å². The van der Waals surface area contributed by atoms with Gasteiger partial charge in [0.15, 0.2) is 6.29 Å². The molecule has 1 aromatic rings. The van der Waals surface area contributed by atoms with Gasteiger partial charge in [-0.25, -0.2) is 0 Å². The maximum absolute atomic E-state index is 10.5. The highest BCUT2D eigenvalue weighted by molar-refractivity contribution is 5.89. The lowest BCUT2D eigenvalue weighted by atomic mass is 10.1. The predicted molar refractivity (Wildman–Crippen MR) is 50.6 cm³/mol. The molecule has 1 aromatic carbocycles. The summed E-state index contributed by atoms with van der Waals surface area (Å²) in [4.78, 5) is 14.3. The first kappa shape index (κ1) is 8.46. The van der Waals surface area contributed by atoms with E-state index in [1.54, 1.807) is 19.2 Å². The highest BCUT2D eigenvalue weighted by Crippen LogP contribution is 2.26. The Labute approximate surface area is 71.1 Å². The van der Waals surface area contributed by atoms with Crippen molar-refractivity contribution in [2.24, 2.45) is 4.99 Å². The summed E-state index contributed by atoms with van der Waals surface area (Å²) in [7, 11) is 1.78. The van der Waals surface area contributed by atoms with Crippen molar-refractivity contribution in [3.05, 3.63) is 23.8 Å². The summed E-state index contributed by atoms with van der Waals surface area (Å²) in [6.07, 6.45) is 0.769. The second-order valence-corrected chi connectivity index (χ2v) is 2.27. The molecule has 0 heterocycles. The van der Waals surface area contributed by atoms with Crippen LogP contribution in [0.25, 0.3) is 0 Å². The summed E-state index contributed by atoms with van der Waals surface area (Å²) in [6.45, 7) is 3.40. The molecular weight excluding hydrogens is 152 g/mol. The van der Waals surface area contributed by atoms with E-state index in [0.717, 1.165) is 12.0 Å². The molecule has 62 valence electrons. The zero-order valence-electron chi connectivity index (χ0n) is 6.87. The van der Waals surface area contributed by atoms with E-state index in [0.29, 0.717) is 11.3 Å². The Bertz CT molecular complexity index is 307. The van der Waals surface area contributed by atoms with Gasteiger partial charge in [0.2, 0.25) is 0 Å². The van der Waals surface area contributed by atoms with Gasteiger partial charge in [0.25, 0.3) is 0 Å². The number of rotatable bonds is 3. The Morgan fingerprint density at radius 3 is 2.83 bits per heavy atom. The summed E-state index contributed by atoms with van der Waals surface area (Å²) < 4.78 is 0. The van der Waals surface area contributed by atoms with Gasteiger partial charge < -0.3 is 5.32 Å². The van der Waals surface area contributed by atoms with Gasteiger partial charge in [-0.1, -0.05) is 6.07 Å². The maximum atomic E-state index is 10.5. The highest BCUT2D eigenvalue weighted by atomic mass is 16.1. The number of hydrogen-bond acceptors (Lipinski definition) is 3. The largest absolute Gasteiger partial charge is 0.386 e. The SMILES string of the molecule is C=Nc1c(C=O)cccc1NC. The van der Waals surface area contributed by atoms with Crippen LogP contribution < -0.4 is 5.32 Å². The molecule has 0 aromatic heterocycles. The molecule has 0 aliphatic carbocycles. The summed E-state index contributed by atoms with van der Waals surface area (Å²) in [5.74, 6) is 0. The molecule has 0 amide bonds. The number of aldehydes is 1. The van der Waals surface area contributed by atoms with Gasteiger partial charge in [0.1, 0.15) is 0 Å². The number of carbonyl (C=O) groups excluding carboxylic acids is 1. The second kappa shape index (κ2) is 3.67. The van der Waals surface area contributed by atoms with Crippen LogP contribution in [0.5, 0.6) is 0 Å². The van der Waals surface area contributed by atoms with E-state index in [1.165, 1.54) is 0 Å². The minimum Gasteiger partial charge on any atom is -0.386 e. The minimum atomic E-state index is 0.553. The van der Waals surface area contributed by atoms with Crippen molar-refractivity contribution in [2.45, 2.75) is 0 Å². The van der Waals surface area contributed by atoms with E-state index in [1.807, 2.05) is 6.07 Å². The molecule has 0 unspecified atom stereocenters. The lowest BCUT2D eigenvalue weighted by molar-refractivity contribution is 0.112. The summed E-state index contributed by atoms with van der Waals surface area (Å²) in [5, 5.41) is 2.93. The van der Waals surface area contributed by atoms with E-state index in [9.17, 15) is 4.79 Å². The fourth-order valence-corrected chi connectivity index (χ4v) is 1.03. The smallest absolute Gasteiger partial charge is 0.152 e. The quantitative estimate of drug-likeness (QED) is 0.544. The molecule has 1 N–H and O–H groups in total. The van der Waals surface area contributed by atoms with Crippen LogP contribution >= 0.6 is 0 Å². The lowest BCUT2D eigenvalue weighted by Gasteiger charge is -2.05. The predicted octanol–water partition coefficient (Wildman–Crippen LogP) is 1.87. The number of hydrogen-bond donors (Lipinski definition) is 1. The van der Waals surface area contributed by atoms with Crippen LogP contribution in [0.1, 0.15) is 10.4 Å². The van der Waals surface area contributed by atoms with Crippen molar-refractivity contribution < 1.29 is 4.79 Å². The zero-order chi connectivity index (χ0) is 8.97. The van der Waals surface area contributed by atoms with Crippen LogP contribution in [0.2, 0.25) is 0 Å². The first-order valence-corrected chi connectivity index (χ1v) is 3.56. The third kappa shape index (κ3) is 1.34. The van der Waals surface area contributed by atoms with Crippen molar-refractivity contribution in [1.29, 1.82) is 0 Å². The number of para-hydroxylation sites is 1. The van der Waals surface area contributed by atoms with E-state index >= 15 is 0 Å². The molecule has 0 fully saturated rings. The van der Waals surface area contributed by atoms with E-state index in [2.05, 4.69) is 17.0 Å². The molecule has 0 saturated heterocycles. The molecule has 0 spiro atoms. The van der Waals surface area contributed by atoms with Crippen LogP contribution in [0.3, 0.4) is 0 Å². The number of aliphatic imine (C=N–C) groups is 1. The molecule has 0 atom stereocenters. The number of carbonyl (C=O) groups is 1. The molecule has 0 aliphatic rings. The van der Waals surface area contributed by atoms with Gasteiger partial charge in [-0.3, -0.25) is 9.79 Å². The molecular formula is C9H10N2O. The van der Waals surface area contributed by atoms with Crippen LogP contribution in [0.4, 0.5) is 11.4 Å². The van der Waals surface area contributed by atoms with E-state index < -0.39 is 0 Å². The Hall–Kier alpha value is -1.64. The molecule has 0 aliphatic heterocycles. The average Bonchev–Trinajstić information content (AvgIpc) is 2.16. The van der Waals surface area contributed by atoms with Gasteiger partial charge in [0, 0.05) is 12.6 Å². The molecule has 0 bridgehead atoms. The Morgan fingerprint density at radius 1 is 1.58 bits per heavy atom. The van der Waals surface area contributed by atoms with Crippen molar-refractivity contribution in [3.63, 3.8) is 0 Å². The molecule has 3 heteroatoms. The van der Waals surface area contributed by atoms with Crippen LogP contribution in [-0.2, 0) is 0 Å². The fraction of sp³-hybridized carbons (Fsp3) is 0.111. The molecule has 3 nitrogen and oxygen atoms in total. The minimum absolute atomic E-state index is 0.553. The van der Waals surface area contributed by atoms with Crippen molar-refractivity contribution >= 4 is 24.4 Å². The standard InChI is InChI=1S/C9H10N2O/c1-10-8-5-3-4-7(6-12)9(8)11-2/h3-6,10H,2H2,1H3. The van der Waals surface area contributed by atoms with Crippen LogP contribution in [0.15, 0.2) is 23.2 Å². The summed E-state index contributed by atoms with van der Waals surface area (Å²) in [5.41, 5.74) is 1.97. The highest BCUT2D eigenvalue weighted by Gasteiger charge is 2.02. The van der Waals surface area contributed by atoms with Gasteiger partial charge in [-0.05, 0) is 18.9 Å². The molecule has 1 rings (SSSR count). The molecule has 0 radical (unpaired) electrons. The topological polar surface area (TPSA) is 41.5 Å². The third-order valence-electron chi connectivity index (χ3n) is 1.62. The number of nitrogens with zero attached hydrogens (tertiary/aromatic N) is 1. The zero-order valence-corrected chi connectivity index (χ0v) is 6.87. The molecule has 12 heavy (non-hydrogen) atoms. The fourth-order valence-electron chi connectivity index (χ4n) is 1.03. The van der Waals surface area contributed by atoms with Crippen LogP contribution in [0, 0.1) is 0 Å². The van der Waals surface area contributed by atoms with Gasteiger partial charge in [-0.15, -0.1) is 0 Å². The summed E-state index contributed by atoms with van der Waals surface area (Å²) >= 11 is 0. The Kier molecular flexibility index (Phi) is 2.58. The van der Waals surface area contributed by atoms with Crippen molar-refractivity contribution in [2.75, 3.05) is 12.4 Å². The summed E-state index contributed by atoms with van der Waals surface area (Å²) in [6, 6.07) is 5.35. The first-order chi connectivity index (χ1) is 5.83. The van der Waals surface area contributed by atoms with Crippen LogP contribution in [-0.4, -0.2) is 20.1 Å². The third-order valence-corrected chi connectivity index (χ3v) is 1.62. The second-order valence-electron chi connectivity index (χ2n) is 2.27. The molecule has 0 saturated carbocycles. The van der Waals surface area contributed by atoms with Crippen molar-refractivity contribution in [3.8, 4) is 0 Å². The Balaban J connectivity index is 3.31. The van der Waals surface area contributed by atoms with E-state index in [-0.39, 0.29) is 0 Å². The number of nitrogens with one attached hydrogen (secondary N) is 1. The normalized spacial score (nSPS) is 9.08. The van der Waals surface area contributed by atoms with Crippen molar-refractivity contribution in [1.82, 2.24) is 0 Å². The van der Waals surface area contributed by atoms with E-state index in [4.69, 9.17) is 0 Å².